The number of anilines is 1. The summed E-state index contributed by atoms with van der Waals surface area (Å²) < 4.78 is 5.37. The third-order valence-corrected chi connectivity index (χ3v) is 4.60. The molecule has 0 saturated carbocycles. The number of hydrogen-bond acceptors (Lipinski definition) is 3. The van der Waals surface area contributed by atoms with Gasteiger partial charge in [-0.1, -0.05) is 36.4 Å². The van der Waals surface area contributed by atoms with Crippen LogP contribution in [0.2, 0.25) is 0 Å². The van der Waals surface area contributed by atoms with Crippen molar-refractivity contribution in [2.45, 2.75) is 26.8 Å². The second-order valence-corrected chi connectivity index (χ2v) is 6.84. The molecular formula is C23H24N2O3. The van der Waals surface area contributed by atoms with Gasteiger partial charge in [0, 0.05) is 5.69 Å². The number of aryl methyl sites for hydroxylation is 2. The second kappa shape index (κ2) is 9.04. The first-order valence-corrected chi connectivity index (χ1v) is 9.22. The van der Waals surface area contributed by atoms with Gasteiger partial charge in [0.25, 0.3) is 0 Å². The number of furan rings is 1. The quantitative estimate of drug-likeness (QED) is 0.675. The van der Waals surface area contributed by atoms with Crippen LogP contribution in [0.1, 0.15) is 22.5 Å². The van der Waals surface area contributed by atoms with E-state index in [1.807, 2.05) is 62.4 Å². The number of para-hydroxylation sites is 1. The molecule has 0 bridgehead atoms. The number of carbonyl (C=O) groups excluding carboxylic acids is 2. The van der Waals surface area contributed by atoms with E-state index in [9.17, 15) is 9.59 Å². The smallest absolute Gasteiger partial charge is 0.244 e. The molecule has 0 aliphatic carbocycles. The topological polar surface area (TPSA) is 62.6 Å². The van der Waals surface area contributed by atoms with E-state index in [4.69, 9.17) is 4.42 Å². The molecule has 0 saturated heterocycles. The Labute approximate surface area is 165 Å². The first-order valence-electron chi connectivity index (χ1n) is 9.22. The normalized spacial score (nSPS) is 10.5. The number of nitrogens with one attached hydrogen (secondary N) is 1. The van der Waals surface area contributed by atoms with Gasteiger partial charge in [-0.25, -0.2) is 0 Å². The van der Waals surface area contributed by atoms with Gasteiger partial charge in [0.15, 0.2) is 0 Å². The van der Waals surface area contributed by atoms with E-state index in [1.54, 1.807) is 18.4 Å². The molecule has 28 heavy (non-hydrogen) atoms. The predicted molar refractivity (Wildman–Crippen MR) is 109 cm³/mol. The molecule has 0 aliphatic rings. The lowest BCUT2D eigenvalue weighted by atomic mass is 10.0. The fourth-order valence-corrected chi connectivity index (χ4v) is 2.92. The van der Waals surface area contributed by atoms with Crippen LogP contribution in [-0.2, 0) is 22.6 Å². The highest BCUT2D eigenvalue weighted by atomic mass is 16.3. The molecule has 0 spiro atoms. The minimum Gasteiger partial charge on any atom is -0.467 e. The summed E-state index contributed by atoms with van der Waals surface area (Å²) in [6.07, 6.45) is 1.80. The highest BCUT2D eigenvalue weighted by molar-refractivity contribution is 5.94. The van der Waals surface area contributed by atoms with E-state index >= 15 is 0 Å². The van der Waals surface area contributed by atoms with Crippen molar-refractivity contribution in [2.75, 3.05) is 11.9 Å². The van der Waals surface area contributed by atoms with Crippen LogP contribution in [0.3, 0.4) is 0 Å². The molecule has 0 atom stereocenters. The fraction of sp³-hybridized carbons (Fsp3) is 0.217. The van der Waals surface area contributed by atoms with Crippen LogP contribution in [-0.4, -0.2) is 23.3 Å². The molecular weight excluding hydrogens is 352 g/mol. The maximum atomic E-state index is 12.9. The average Bonchev–Trinajstić information content (AvgIpc) is 3.18. The molecule has 1 aromatic heterocycles. The van der Waals surface area contributed by atoms with Gasteiger partial charge < -0.3 is 14.6 Å². The molecule has 0 aliphatic heterocycles. The summed E-state index contributed by atoms with van der Waals surface area (Å²) in [4.78, 5) is 26.9. The molecule has 144 valence electrons. The van der Waals surface area contributed by atoms with Crippen LogP contribution >= 0.6 is 0 Å². The van der Waals surface area contributed by atoms with Gasteiger partial charge in [-0.2, -0.15) is 0 Å². The fourth-order valence-electron chi connectivity index (χ4n) is 2.92. The van der Waals surface area contributed by atoms with E-state index in [0.29, 0.717) is 11.4 Å². The molecule has 0 fully saturated rings. The molecule has 0 unspecified atom stereocenters. The third kappa shape index (κ3) is 5.33. The zero-order valence-corrected chi connectivity index (χ0v) is 16.1. The van der Waals surface area contributed by atoms with Crippen LogP contribution in [0, 0.1) is 13.8 Å². The molecule has 1 heterocycles. The van der Waals surface area contributed by atoms with Crippen LogP contribution in [0.25, 0.3) is 0 Å². The molecule has 3 aromatic rings. The van der Waals surface area contributed by atoms with E-state index in [-0.39, 0.29) is 31.3 Å². The van der Waals surface area contributed by atoms with Crippen molar-refractivity contribution < 1.29 is 14.0 Å². The maximum Gasteiger partial charge on any atom is 0.244 e. The van der Waals surface area contributed by atoms with Crippen molar-refractivity contribution in [1.82, 2.24) is 4.90 Å². The van der Waals surface area contributed by atoms with Gasteiger partial charge in [0.05, 0.1) is 19.2 Å². The molecule has 5 nitrogen and oxygen atoms in total. The number of amides is 2. The third-order valence-electron chi connectivity index (χ3n) is 4.60. The van der Waals surface area contributed by atoms with Crippen LogP contribution in [0.15, 0.2) is 71.3 Å². The minimum atomic E-state index is -0.244. The van der Waals surface area contributed by atoms with Crippen molar-refractivity contribution in [2.24, 2.45) is 0 Å². The number of nitrogens with zero attached hydrogens (tertiary/aromatic N) is 1. The number of hydrogen-bond donors (Lipinski definition) is 1. The highest BCUT2D eigenvalue weighted by Crippen LogP contribution is 2.13. The Hall–Kier alpha value is -3.34. The van der Waals surface area contributed by atoms with Gasteiger partial charge in [-0.15, -0.1) is 0 Å². The van der Waals surface area contributed by atoms with Crippen molar-refractivity contribution >= 4 is 17.5 Å². The zero-order valence-electron chi connectivity index (χ0n) is 16.1. The lowest BCUT2D eigenvalue weighted by molar-refractivity contribution is -0.134. The van der Waals surface area contributed by atoms with Crippen LogP contribution in [0.4, 0.5) is 5.69 Å². The molecule has 2 amide bonds. The first-order chi connectivity index (χ1) is 13.5. The molecule has 5 heteroatoms. The van der Waals surface area contributed by atoms with Crippen molar-refractivity contribution in [3.8, 4) is 0 Å². The van der Waals surface area contributed by atoms with Crippen LogP contribution < -0.4 is 5.32 Å². The lowest BCUT2D eigenvalue weighted by Gasteiger charge is -2.21. The first kappa shape index (κ1) is 19.4. The highest BCUT2D eigenvalue weighted by Gasteiger charge is 2.19. The summed E-state index contributed by atoms with van der Waals surface area (Å²) in [7, 11) is 0. The Bertz CT molecular complexity index is 934. The van der Waals surface area contributed by atoms with E-state index in [0.717, 1.165) is 11.1 Å². The maximum absolute atomic E-state index is 12.9. The van der Waals surface area contributed by atoms with Gasteiger partial charge in [-0.3, -0.25) is 9.59 Å². The molecule has 1 N–H and O–H groups in total. The van der Waals surface area contributed by atoms with Crippen molar-refractivity contribution in [3.63, 3.8) is 0 Å². The van der Waals surface area contributed by atoms with Crippen LogP contribution in [0.5, 0.6) is 0 Å². The lowest BCUT2D eigenvalue weighted by Crippen LogP contribution is -2.38. The molecule has 3 rings (SSSR count). The van der Waals surface area contributed by atoms with Crippen molar-refractivity contribution in [3.05, 3.63) is 89.4 Å². The Kier molecular flexibility index (Phi) is 6.27. The zero-order chi connectivity index (χ0) is 19.9. The SMILES string of the molecule is Cc1ccc(CC(=O)N(CC(=O)Nc2ccccc2)Cc2ccco2)cc1C. The standard InChI is InChI=1S/C23H24N2O3/c1-17-10-11-19(13-18(17)2)14-23(27)25(15-21-9-6-12-28-21)16-22(26)24-20-7-4-3-5-8-20/h3-13H,14-16H2,1-2H3,(H,24,26). The number of benzene rings is 2. The number of carbonyl (C=O) groups is 2. The Morgan fingerprint density at radius 1 is 0.964 bits per heavy atom. The summed E-state index contributed by atoms with van der Waals surface area (Å²) in [6, 6.07) is 18.7. The van der Waals surface area contributed by atoms with Gasteiger partial charge in [0.2, 0.25) is 11.8 Å². The van der Waals surface area contributed by atoms with Crippen molar-refractivity contribution in [1.29, 1.82) is 0 Å². The number of rotatable bonds is 7. The van der Waals surface area contributed by atoms with E-state index < -0.39 is 0 Å². The van der Waals surface area contributed by atoms with Gasteiger partial charge >= 0.3 is 0 Å². The second-order valence-electron chi connectivity index (χ2n) is 6.84. The van der Waals surface area contributed by atoms with Gasteiger partial charge in [-0.05, 0) is 54.8 Å². The van der Waals surface area contributed by atoms with E-state index in [2.05, 4.69) is 5.32 Å². The molecule has 0 radical (unpaired) electrons. The molecule has 2 aromatic carbocycles. The van der Waals surface area contributed by atoms with E-state index in [1.165, 1.54) is 10.5 Å². The minimum absolute atomic E-state index is 0.0424. The summed E-state index contributed by atoms with van der Waals surface area (Å²) >= 11 is 0. The Morgan fingerprint density at radius 3 is 2.43 bits per heavy atom. The summed E-state index contributed by atoms with van der Waals surface area (Å²) in [5, 5.41) is 2.82. The predicted octanol–water partition coefficient (Wildman–Crippen LogP) is 4.11. The van der Waals surface area contributed by atoms with Gasteiger partial charge in [0.1, 0.15) is 12.3 Å². The summed E-state index contributed by atoms with van der Waals surface area (Å²) in [6.45, 7) is 4.27. The summed E-state index contributed by atoms with van der Waals surface area (Å²) in [5.41, 5.74) is 3.96. The Morgan fingerprint density at radius 2 is 1.75 bits per heavy atom. The Balaban J connectivity index is 1.71. The monoisotopic (exact) mass is 376 g/mol. The largest absolute Gasteiger partial charge is 0.467 e. The summed E-state index contributed by atoms with van der Waals surface area (Å²) in [5.74, 6) is 0.273. The average molecular weight is 376 g/mol.